The number of unbranched alkanes of at least 4 members (excludes halogenated alkanes) is 20. The number of carbonyl (C=O) groups is 4. The number of allylic oxidation sites excluding steroid dienone is 28. The molecule has 5 unspecified atom stereocenters. The summed E-state index contributed by atoms with van der Waals surface area (Å²) in [4.78, 5) is 73.1. The third-order valence-electron chi connectivity index (χ3n) is 16.2. The summed E-state index contributed by atoms with van der Waals surface area (Å²) in [6, 6.07) is 0. The van der Waals surface area contributed by atoms with E-state index < -0.39 is 97.5 Å². The summed E-state index contributed by atoms with van der Waals surface area (Å²) in [6.07, 6.45) is 91.9. The van der Waals surface area contributed by atoms with Gasteiger partial charge in [0.05, 0.1) is 26.4 Å². The zero-order chi connectivity index (χ0) is 77.4. The van der Waals surface area contributed by atoms with E-state index in [9.17, 15) is 43.2 Å². The monoisotopic (exact) mass is 1520 g/mol. The Kier molecular flexibility index (Phi) is 73.5. The lowest BCUT2D eigenvalue weighted by molar-refractivity contribution is -0.161. The Labute approximate surface area is 642 Å². The molecule has 602 valence electrons. The Morgan fingerprint density at radius 1 is 0.274 bits per heavy atom. The highest BCUT2D eigenvalue weighted by molar-refractivity contribution is 7.47. The molecule has 19 heteroatoms. The van der Waals surface area contributed by atoms with Crippen LogP contribution in [0.4, 0.5) is 0 Å². The number of carbonyl (C=O) groups excluding carboxylic acids is 4. The molecule has 0 aromatic carbocycles. The van der Waals surface area contributed by atoms with Gasteiger partial charge in [0.15, 0.2) is 12.2 Å². The summed E-state index contributed by atoms with van der Waals surface area (Å²) in [7, 11) is -10.0. The molecule has 0 heterocycles. The maximum atomic E-state index is 13.1. The number of hydrogen-bond acceptors (Lipinski definition) is 15. The predicted molar refractivity (Wildman–Crippen MR) is 436 cm³/mol. The van der Waals surface area contributed by atoms with Gasteiger partial charge in [0.1, 0.15) is 19.3 Å². The van der Waals surface area contributed by atoms with E-state index in [0.29, 0.717) is 25.7 Å². The standard InChI is InChI=1S/C87H142O17P2/c1-5-9-13-17-21-25-29-33-37-39-40-42-45-48-52-56-60-64-68-72-85(90)98-78-83(104-87(92)74-70-66-62-58-54-50-46-41-38-34-30-26-22-18-14-10-6-2)80-102-106(95,96)100-76-81(88)75-99-105(93,94)101-79-82(103-86(91)73-69-65-61-57-53-49-44-36-32-28-24-20-16-12-8-4)77-97-84(89)71-67-63-59-55-51-47-43-35-31-27-23-19-15-11-7-3/h9-11,13-15,21-28,33-38,40,42-44,48,51-52,55,81-83,88H,5-8,12,16-20,29-32,39,41,45-47,49-50,53-54,56-80H2,1-4H3,(H,93,94)(H,95,96)/b13-9-,14-10-,15-11-,25-21-,26-22-,27-23-,28-24-,37-33-,38-34-,42-40-,43-35-,44-36-,52-48-,55-51-. The first-order valence-corrected chi connectivity index (χ1v) is 43.4. The van der Waals surface area contributed by atoms with Crippen LogP contribution < -0.4 is 0 Å². The second-order valence-corrected chi connectivity index (χ2v) is 29.1. The van der Waals surface area contributed by atoms with Crippen molar-refractivity contribution in [2.45, 2.75) is 316 Å². The minimum absolute atomic E-state index is 0.0637. The molecule has 0 aliphatic rings. The maximum absolute atomic E-state index is 13.1. The molecule has 17 nitrogen and oxygen atoms in total. The summed E-state index contributed by atoms with van der Waals surface area (Å²) >= 11 is 0. The fraction of sp³-hybridized carbons (Fsp3) is 0.632. The molecule has 0 aliphatic carbocycles. The van der Waals surface area contributed by atoms with Gasteiger partial charge in [-0.15, -0.1) is 0 Å². The molecule has 0 aromatic heterocycles. The molecule has 5 atom stereocenters. The fourth-order valence-corrected chi connectivity index (χ4v) is 11.7. The van der Waals surface area contributed by atoms with Gasteiger partial charge < -0.3 is 33.8 Å². The van der Waals surface area contributed by atoms with E-state index in [0.717, 1.165) is 199 Å². The van der Waals surface area contributed by atoms with Gasteiger partial charge in [0, 0.05) is 25.7 Å². The van der Waals surface area contributed by atoms with E-state index in [4.69, 9.17) is 37.0 Å². The smallest absolute Gasteiger partial charge is 0.462 e. The zero-order valence-corrected chi connectivity index (χ0v) is 67.6. The lowest BCUT2D eigenvalue weighted by atomic mass is 10.1. The van der Waals surface area contributed by atoms with E-state index in [1.807, 2.05) is 0 Å². The average Bonchev–Trinajstić information content (AvgIpc) is 0.902. The molecule has 106 heavy (non-hydrogen) atoms. The Balaban J connectivity index is 5.47. The van der Waals surface area contributed by atoms with Crippen molar-refractivity contribution in [1.29, 1.82) is 0 Å². The van der Waals surface area contributed by atoms with Gasteiger partial charge in [0.2, 0.25) is 0 Å². The Morgan fingerprint density at radius 3 is 0.783 bits per heavy atom. The van der Waals surface area contributed by atoms with Gasteiger partial charge in [0.25, 0.3) is 0 Å². The molecule has 3 N–H and O–H groups in total. The van der Waals surface area contributed by atoms with E-state index >= 15 is 0 Å². The normalized spacial score (nSPS) is 14.7. The number of rotatable bonds is 74. The molecule has 0 fully saturated rings. The first-order chi connectivity index (χ1) is 51.7. The van der Waals surface area contributed by atoms with Gasteiger partial charge in [-0.05, 0) is 173 Å². The third-order valence-corrected chi connectivity index (χ3v) is 18.1. The molecular formula is C87H142O17P2. The van der Waals surface area contributed by atoms with Crippen molar-refractivity contribution in [2.24, 2.45) is 0 Å². The van der Waals surface area contributed by atoms with Gasteiger partial charge in [-0.3, -0.25) is 37.3 Å². The summed E-state index contributed by atoms with van der Waals surface area (Å²) in [6.45, 7) is 4.39. The topological polar surface area (TPSA) is 237 Å². The van der Waals surface area contributed by atoms with E-state index in [-0.39, 0.29) is 25.7 Å². The largest absolute Gasteiger partial charge is 0.472 e. The summed E-state index contributed by atoms with van der Waals surface area (Å²) in [5, 5.41) is 10.7. The lowest BCUT2D eigenvalue weighted by Gasteiger charge is -2.21. The quantitative estimate of drug-likeness (QED) is 0.0169. The Morgan fingerprint density at radius 2 is 0.491 bits per heavy atom. The van der Waals surface area contributed by atoms with Crippen LogP contribution in [-0.2, 0) is 65.4 Å². The van der Waals surface area contributed by atoms with Crippen molar-refractivity contribution in [3.05, 3.63) is 170 Å². The average molecular weight is 1520 g/mol. The van der Waals surface area contributed by atoms with Gasteiger partial charge in [-0.2, -0.15) is 0 Å². The summed E-state index contributed by atoms with van der Waals surface area (Å²) < 4.78 is 68.6. The first-order valence-electron chi connectivity index (χ1n) is 40.4. The number of aliphatic hydroxyl groups is 1. The van der Waals surface area contributed by atoms with Crippen LogP contribution >= 0.6 is 15.6 Å². The van der Waals surface area contributed by atoms with Crippen LogP contribution in [0, 0.1) is 0 Å². The number of phosphoric ester groups is 2. The molecule has 0 aromatic rings. The van der Waals surface area contributed by atoms with Crippen molar-refractivity contribution >= 4 is 39.5 Å². The van der Waals surface area contributed by atoms with Crippen LogP contribution in [0.15, 0.2) is 170 Å². The van der Waals surface area contributed by atoms with Crippen molar-refractivity contribution in [3.8, 4) is 0 Å². The number of aliphatic hydroxyl groups excluding tert-OH is 1. The molecule has 0 spiro atoms. The van der Waals surface area contributed by atoms with Crippen LogP contribution in [0.1, 0.15) is 297 Å². The minimum Gasteiger partial charge on any atom is -0.462 e. The molecular weight excluding hydrogens is 1380 g/mol. The molecule has 0 saturated carbocycles. The first kappa shape index (κ1) is 100. The van der Waals surface area contributed by atoms with E-state index in [1.54, 1.807) is 0 Å². The van der Waals surface area contributed by atoms with Gasteiger partial charge in [-0.25, -0.2) is 9.13 Å². The predicted octanol–water partition coefficient (Wildman–Crippen LogP) is 23.8. The second kappa shape index (κ2) is 77.6. The number of phosphoric acid groups is 2. The number of ether oxygens (including phenoxy) is 4. The van der Waals surface area contributed by atoms with E-state index in [2.05, 4.69) is 198 Å². The van der Waals surface area contributed by atoms with Crippen LogP contribution in [0.3, 0.4) is 0 Å². The van der Waals surface area contributed by atoms with Crippen LogP contribution in [0.5, 0.6) is 0 Å². The van der Waals surface area contributed by atoms with Crippen LogP contribution in [0.2, 0.25) is 0 Å². The fourth-order valence-electron chi connectivity index (χ4n) is 10.1. The second-order valence-electron chi connectivity index (χ2n) is 26.2. The van der Waals surface area contributed by atoms with Crippen LogP contribution in [0.25, 0.3) is 0 Å². The molecule has 0 aliphatic heterocycles. The number of esters is 4. The Hall–Kier alpha value is -5.58. The van der Waals surface area contributed by atoms with Crippen molar-refractivity contribution in [2.75, 3.05) is 39.6 Å². The van der Waals surface area contributed by atoms with Crippen molar-refractivity contribution in [1.82, 2.24) is 0 Å². The molecule has 0 saturated heterocycles. The molecule has 0 amide bonds. The third kappa shape index (κ3) is 76.6. The Bertz CT molecular complexity index is 2680. The van der Waals surface area contributed by atoms with Crippen LogP contribution in [-0.4, -0.2) is 96.7 Å². The summed E-state index contributed by atoms with van der Waals surface area (Å²) in [5.41, 5.74) is 0. The molecule has 0 bridgehead atoms. The SMILES string of the molecule is CC/C=C\C/C=C\C/C=C\C/C=C\C/C=C\CCCCCC(=O)OCC(COP(=O)(O)OCC(O)COP(=O)(O)OCC(COC(=O)CCCC/C=C\C/C=C\C/C=C\C/C=C\CC)OC(=O)CCCCCCC/C=C\C/C=C\CCCCC)OC(=O)CCCCCCCCC/C=C\C/C=C\C/C=C\CC. The lowest BCUT2D eigenvalue weighted by Crippen LogP contribution is -2.30. The van der Waals surface area contributed by atoms with Gasteiger partial charge in [-0.1, -0.05) is 268 Å². The highest BCUT2D eigenvalue weighted by Gasteiger charge is 2.30. The minimum atomic E-state index is -5.00. The highest BCUT2D eigenvalue weighted by atomic mass is 31.2. The molecule has 0 rings (SSSR count). The zero-order valence-electron chi connectivity index (χ0n) is 65.8. The van der Waals surface area contributed by atoms with Crippen molar-refractivity contribution < 1.29 is 80.2 Å². The highest BCUT2D eigenvalue weighted by Crippen LogP contribution is 2.45. The van der Waals surface area contributed by atoms with Gasteiger partial charge >= 0.3 is 39.5 Å². The number of hydrogen-bond donors (Lipinski definition) is 3. The van der Waals surface area contributed by atoms with Crippen molar-refractivity contribution in [3.63, 3.8) is 0 Å². The summed E-state index contributed by atoms with van der Waals surface area (Å²) in [5.74, 6) is -2.30. The van der Waals surface area contributed by atoms with E-state index in [1.165, 1.54) is 19.3 Å². The maximum Gasteiger partial charge on any atom is 0.472 e. The molecule has 0 radical (unpaired) electrons.